The van der Waals surface area contributed by atoms with Gasteiger partial charge in [0.25, 0.3) is 0 Å². The van der Waals surface area contributed by atoms with Crippen molar-refractivity contribution in [3.63, 3.8) is 0 Å². The third-order valence-electron chi connectivity index (χ3n) is 4.14. The van der Waals surface area contributed by atoms with Gasteiger partial charge in [-0.2, -0.15) is 0 Å². The van der Waals surface area contributed by atoms with Gasteiger partial charge in [-0.15, -0.1) is 5.10 Å². The minimum absolute atomic E-state index is 0.131. The normalized spacial score (nSPS) is 10.4. The number of carbonyl (C=O) groups excluding carboxylic acids is 1. The van der Waals surface area contributed by atoms with Gasteiger partial charge in [0.2, 0.25) is 11.1 Å². The summed E-state index contributed by atoms with van der Waals surface area (Å²) in [4.78, 5) is 16.8. The van der Waals surface area contributed by atoms with Gasteiger partial charge in [-0.1, -0.05) is 11.8 Å². The summed E-state index contributed by atoms with van der Waals surface area (Å²) in [6.45, 7) is 0. The fraction of sp³-hybridized carbons (Fsp3) is 0.250. The molecule has 3 aromatic rings. The molecule has 0 unspecified atom stereocenters. The van der Waals surface area contributed by atoms with Crippen molar-refractivity contribution >= 4 is 23.4 Å². The van der Waals surface area contributed by atoms with Gasteiger partial charge in [0.15, 0.2) is 5.82 Å². The highest BCUT2D eigenvalue weighted by Crippen LogP contribution is 2.32. The molecule has 0 radical (unpaired) electrons. The number of amides is 1. The predicted molar refractivity (Wildman–Crippen MR) is 114 cm³/mol. The highest BCUT2D eigenvalue weighted by atomic mass is 32.2. The van der Waals surface area contributed by atoms with E-state index in [1.165, 1.54) is 18.9 Å². The van der Waals surface area contributed by atoms with Gasteiger partial charge in [0.05, 0.1) is 45.4 Å². The number of anilines is 1. The average molecular weight is 430 g/mol. The number of benzene rings is 2. The number of rotatable bonds is 9. The maximum Gasteiger partial charge on any atom is 0.234 e. The lowest BCUT2D eigenvalue weighted by molar-refractivity contribution is -0.113. The van der Waals surface area contributed by atoms with Gasteiger partial charge >= 0.3 is 0 Å². The number of thioether (sulfide) groups is 1. The van der Waals surface area contributed by atoms with Crippen LogP contribution in [0.3, 0.4) is 0 Å². The van der Waals surface area contributed by atoms with E-state index in [4.69, 9.17) is 18.9 Å². The largest absolute Gasteiger partial charge is 0.497 e. The number of hydrogen-bond acceptors (Lipinski definition) is 8. The van der Waals surface area contributed by atoms with Crippen LogP contribution in [0, 0.1) is 0 Å². The maximum absolute atomic E-state index is 12.3. The second-order valence-corrected chi connectivity index (χ2v) is 6.88. The maximum atomic E-state index is 12.3. The Morgan fingerprint density at radius 2 is 1.63 bits per heavy atom. The first-order chi connectivity index (χ1) is 14.6. The molecule has 0 atom stereocenters. The summed E-state index contributed by atoms with van der Waals surface area (Å²) in [7, 11) is 6.25. The Bertz CT molecular complexity index is 1020. The number of aromatic nitrogens is 3. The topological polar surface area (TPSA) is 108 Å². The van der Waals surface area contributed by atoms with Crippen LogP contribution in [-0.2, 0) is 4.79 Å². The fourth-order valence-corrected chi connectivity index (χ4v) is 3.24. The highest BCUT2D eigenvalue weighted by molar-refractivity contribution is 7.99. The lowest BCUT2D eigenvalue weighted by Crippen LogP contribution is -2.14. The van der Waals surface area contributed by atoms with Crippen molar-refractivity contribution in [2.75, 3.05) is 39.5 Å². The third-order valence-corrected chi connectivity index (χ3v) is 4.99. The third kappa shape index (κ3) is 4.95. The summed E-state index contributed by atoms with van der Waals surface area (Å²) in [5, 5.41) is 10.3. The molecule has 0 saturated heterocycles. The van der Waals surface area contributed by atoms with Crippen LogP contribution >= 0.6 is 11.8 Å². The number of aromatic amines is 1. The summed E-state index contributed by atoms with van der Waals surface area (Å²) in [5.74, 6) is 2.89. The van der Waals surface area contributed by atoms with Crippen molar-refractivity contribution in [3.05, 3.63) is 36.4 Å². The van der Waals surface area contributed by atoms with Crippen molar-refractivity contribution < 1.29 is 23.7 Å². The van der Waals surface area contributed by atoms with Crippen LogP contribution in [0.25, 0.3) is 11.4 Å². The summed E-state index contributed by atoms with van der Waals surface area (Å²) in [6, 6.07) is 10.6. The lowest BCUT2D eigenvalue weighted by atomic mass is 10.2. The van der Waals surface area contributed by atoms with E-state index in [9.17, 15) is 4.79 Å². The van der Waals surface area contributed by atoms with Crippen LogP contribution in [0.2, 0.25) is 0 Å². The van der Waals surface area contributed by atoms with E-state index in [0.717, 1.165) is 5.56 Å². The second-order valence-electron chi connectivity index (χ2n) is 5.94. The molecule has 0 fully saturated rings. The number of ether oxygens (including phenoxy) is 4. The predicted octanol–water partition coefficient (Wildman–Crippen LogP) is 3.24. The van der Waals surface area contributed by atoms with Crippen molar-refractivity contribution in [3.8, 4) is 34.4 Å². The van der Waals surface area contributed by atoms with E-state index in [0.29, 0.717) is 39.7 Å². The average Bonchev–Trinajstić information content (AvgIpc) is 3.26. The lowest BCUT2D eigenvalue weighted by Gasteiger charge is -2.11. The molecule has 0 aliphatic rings. The zero-order valence-corrected chi connectivity index (χ0v) is 17.8. The van der Waals surface area contributed by atoms with Crippen molar-refractivity contribution in [1.29, 1.82) is 0 Å². The van der Waals surface area contributed by atoms with Crippen LogP contribution in [0.5, 0.6) is 23.0 Å². The van der Waals surface area contributed by atoms with Gasteiger partial charge in [-0.25, -0.2) is 4.98 Å². The van der Waals surface area contributed by atoms with Crippen LogP contribution in [-0.4, -0.2) is 55.3 Å². The van der Waals surface area contributed by atoms with Crippen LogP contribution in [0.1, 0.15) is 0 Å². The van der Waals surface area contributed by atoms with E-state index in [1.54, 1.807) is 45.6 Å². The van der Waals surface area contributed by atoms with E-state index in [1.807, 2.05) is 12.1 Å². The smallest absolute Gasteiger partial charge is 0.234 e. The molecule has 0 saturated carbocycles. The molecular formula is C20H22N4O5S. The molecule has 2 aromatic carbocycles. The van der Waals surface area contributed by atoms with Gasteiger partial charge in [-0.3, -0.25) is 9.89 Å². The summed E-state index contributed by atoms with van der Waals surface area (Å²) >= 11 is 1.21. The minimum Gasteiger partial charge on any atom is -0.497 e. The molecule has 10 heteroatoms. The van der Waals surface area contributed by atoms with Crippen LogP contribution in [0.15, 0.2) is 41.6 Å². The molecule has 0 bridgehead atoms. The van der Waals surface area contributed by atoms with Gasteiger partial charge < -0.3 is 24.3 Å². The molecule has 0 aliphatic carbocycles. The van der Waals surface area contributed by atoms with E-state index in [2.05, 4.69) is 20.5 Å². The summed E-state index contributed by atoms with van der Waals surface area (Å²) < 4.78 is 21.0. The molecule has 158 valence electrons. The molecule has 1 heterocycles. The van der Waals surface area contributed by atoms with Gasteiger partial charge in [-0.05, 0) is 24.3 Å². The summed E-state index contributed by atoms with van der Waals surface area (Å²) in [5.41, 5.74) is 1.30. The number of methoxy groups -OCH3 is 4. The SMILES string of the molecule is COc1ccc(NC(=O)CSc2n[nH]c(-c3ccc(OC)cc3OC)n2)c(OC)c1. The molecular weight excluding hydrogens is 408 g/mol. The van der Waals surface area contributed by atoms with Gasteiger partial charge in [0, 0.05) is 12.1 Å². The fourth-order valence-electron chi connectivity index (χ4n) is 2.64. The van der Waals surface area contributed by atoms with E-state index in [-0.39, 0.29) is 11.7 Å². The molecule has 30 heavy (non-hydrogen) atoms. The van der Waals surface area contributed by atoms with Crippen molar-refractivity contribution in [2.24, 2.45) is 0 Å². The number of hydrogen-bond donors (Lipinski definition) is 2. The minimum atomic E-state index is -0.211. The number of nitrogens with one attached hydrogen (secondary N) is 2. The zero-order valence-electron chi connectivity index (χ0n) is 17.0. The first-order valence-electron chi connectivity index (χ1n) is 8.87. The standard InChI is InChI=1S/C20H22N4O5S/c1-26-12-5-7-14(16(9-12)28-3)19-22-20(24-23-19)30-11-18(25)21-15-8-6-13(27-2)10-17(15)29-4/h5-10H,11H2,1-4H3,(H,21,25)(H,22,23,24). The van der Waals surface area contributed by atoms with Gasteiger partial charge in [0.1, 0.15) is 23.0 Å². The monoisotopic (exact) mass is 430 g/mol. The molecule has 1 aromatic heterocycles. The quantitative estimate of drug-likeness (QED) is 0.498. The zero-order chi connectivity index (χ0) is 21.5. The summed E-state index contributed by atoms with van der Waals surface area (Å²) in [6.07, 6.45) is 0. The first-order valence-corrected chi connectivity index (χ1v) is 9.86. The van der Waals surface area contributed by atoms with E-state index < -0.39 is 0 Å². The Morgan fingerprint density at radius 1 is 0.967 bits per heavy atom. The van der Waals surface area contributed by atoms with Crippen LogP contribution in [0.4, 0.5) is 5.69 Å². The van der Waals surface area contributed by atoms with Crippen molar-refractivity contribution in [2.45, 2.75) is 5.16 Å². The first kappa shape index (κ1) is 21.3. The highest BCUT2D eigenvalue weighted by Gasteiger charge is 2.14. The number of H-pyrrole nitrogens is 1. The molecule has 0 aliphatic heterocycles. The Balaban J connectivity index is 1.64. The Labute approximate surface area is 178 Å². The molecule has 1 amide bonds. The molecule has 2 N–H and O–H groups in total. The molecule has 9 nitrogen and oxygen atoms in total. The number of carbonyl (C=O) groups is 1. The Kier molecular flexibility index (Phi) is 7.02. The second kappa shape index (κ2) is 9.88. The Morgan fingerprint density at radius 3 is 2.30 bits per heavy atom. The Hall–Kier alpha value is -3.40. The molecule has 3 rings (SSSR count). The van der Waals surface area contributed by atoms with Crippen LogP contribution < -0.4 is 24.3 Å². The molecule has 0 spiro atoms. The number of nitrogens with zero attached hydrogens (tertiary/aromatic N) is 2. The van der Waals surface area contributed by atoms with Crippen molar-refractivity contribution in [1.82, 2.24) is 15.2 Å². The van der Waals surface area contributed by atoms with E-state index >= 15 is 0 Å².